The molecule has 4 heteroatoms. The number of nitrogens with zero attached hydrogens (tertiary/aromatic N) is 2. The van der Waals surface area contributed by atoms with Crippen molar-refractivity contribution in [3.8, 4) is 0 Å². The number of carbonyl (C=O) groups excluding carboxylic acids is 1. The number of aryl methyl sites for hydroxylation is 1. The second-order valence-electron chi connectivity index (χ2n) is 4.59. The van der Waals surface area contributed by atoms with E-state index >= 15 is 0 Å². The fourth-order valence-corrected chi connectivity index (χ4v) is 2.69. The second-order valence-corrected chi connectivity index (χ2v) is 5.51. The standard InChI is InChI=1S/C15H17BrN2O/c1-4-14-10(2)17-18(11(14)3)9-15(19)12-6-5-7-13(16)8-12/h5-8H,4,9H2,1-3H3. The summed E-state index contributed by atoms with van der Waals surface area (Å²) in [5.74, 6) is 0.0783. The molecule has 0 bridgehead atoms. The molecule has 0 spiro atoms. The average molecular weight is 321 g/mol. The molecule has 1 aromatic heterocycles. The lowest BCUT2D eigenvalue weighted by Gasteiger charge is -2.05. The first-order valence-corrected chi connectivity index (χ1v) is 7.14. The van der Waals surface area contributed by atoms with Crippen LogP contribution >= 0.6 is 15.9 Å². The summed E-state index contributed by atoms with van der Waals surface area (Å²) < 4.78 is 2.72. The number of carbonyl (C=O) groups is 1. The molecule has 0 saturated carbocycles. The van der Waals surface area contributed by atoms with Crippen molar-refractivity contribution < 1.29 is 4.79 Å². The molecule has 1 aromatic carbocycles. The molecule has 19 heavy (non-hydrogen) atoms. The minimum absolute atomic E-state index is 0.0783. The van der Waals surface area contributed by atoms with Crippen LogP contribution in [0.1, 0.15) is 34.2 Å². The van der Waals surface area contributed by atoms with Crippen molar-refractivity contribution in [1.82, 2.24) is 9.78 Å². The molecule has 2 rings (SSSR count). The van der Waals surface area contributed by atoms with Crippen LogP contribution in [-0.4, -0.2) is 15.6 Å². The zero-order valence-corrected chi connectivity index (χ0v) is 13.0. The number of hydrogen-bond acceptors (Lipinski definition) is 2. The summed E-state index contributed by atoms with van der Waals surface area (Å²) in [6.07, 6.45) is 0.947. The van der Waals surface area contributed by atoms with E-state index in [0.29, 0.717) is 12.1 Å². The monoisotopic (exact) mass is 320 g/mol. The smallest absolute Gasteiger partial charge is 0.184 e. The van der Waals surface area contributed by atoms with Crippen LogP contribution < -0.4 is 0 Å². The lowest BCUT2D eigenvalue weighted by Crippen LogP contribution is -2.13. The first-order valence-electron chi connectivity index (χ1n) is 6.34. The minimum atomic E-state index is 0.0783. The topological polar surface area (TPSA) is 34.9 Å². The third kappa shape index (κ3) is 2.95. The molecule has 0 atom stereocenters. The van der Waals surface area contributed by atoms with Gasteiger partial charge < -0.3 is 0 Å². The molecule has 0 aliphatic carbocycles. The summed E-state index contributed by atoms with van der Waals surface area (Å²) in [6.45, 7) is 6.42. The maximum Gasteiger partial charge on any atom is 0.184 e. The van der Waals surface area contributed by atoms with Crippen LogP contribution in [-0.2, 0) is 13.0 Å². The van der Waals surface area contributed by atoms with Crippen LogP contribution in [0, 0.1) is 13.8 Å². The van der Waals surface area contributed by atoms with Crippen molar-refractivity contribution in [3.63, 3.8) is 0 Å². The maximum absolute atomic E-state index is 12.2. The summed E-state index contributed by atoms with van der Waals surface area (Å²) >= 11 is 3.38. The molecule has 0 unspecified atom stereocenters. The highest BCUT2D eigenvalue weighted by molar-refractivity contribution is 9.10. The SMILES string of the molecule is CCc1c(C)nn(CC(=O)c2cccc(Br)c2)c1C. The Hall–Kier alpha value is -1.42. The predicted octanol–water partition coefficient (Wildman–Crippen LogP) is 3.71. The van der Waals surface area contributed by atoms with E-state index in [2.05, 4.69) is 28.0 Å². The quantitative estimate of drug-likeness (QED) is 0.805. The zero-order valence-electron chi connectivity index (χ0n) is 11.4. The van der Waals surface area contributed by atoms with Crippen molar-refractivity contribution in [1.29, 1.82) is 0 Å². The van der Waals surface area contributed by atoms with Gasteiger partial charge >= 0.3 is 0 Å². The predicted molar refractivity (Wildman–Crippen MR) is 79.6 cm³/mol. The largest absolute Gasteiger partial charge is 0.292 e. The number of rotatable bonds is 4. The summed E-state index contributed by atoms with van der Waals surface area (Å²) in [4.78, 5) is 12.2. The van der Waals surface area contributed by atoms with Gasteiger partial charge in [-0.25, -0.2) is 0 Å². The van der Waals surface area contributed by atoms with Gasteiger partial charge in [0.25, 0.3) is 0 Å². The fourth-order valence-electron chi connectivity index (χ4n) is 2.29. The summed E-state index contributed by atoms with van der Waals surface area (Å²) in [6, 6.07) is 7.46. The van der Waals surface area contributed by atoms with Crippen molar-refractivity contribution in [2.75, 3.05) is 0 Å². The van der Waals surface area contributed by atoms with Crippen LogP contribution in [0.15, 0.2) is 28.7 Å². The number of Topliss-reactive ketones (excluding diaryl/α,β-unsaturated/α-hetero) is 1. The number of halogens is 1. The highest BCUT2D eigenvalue weighted by Crippen LogP contribution is 2.16. The van der Waals surface area contributed by atoms with Crippen molar-refractivity contribution in [2.45, 2.75) is 33.7 Å². The Morgan fingerprint density at radius 2 is 2.11 bits per heavy atom. The fraction of sp³-hybridized carbons (Fsp3) is 0.333. The highest BCUT2D eigenvalue weighted by atomic mass is 79.9. The first-order chi connectivity index (χ1) is 9.02. The van der Waals surface area contributed by atoms with Gasteiger partial charge in [-0.3, -0.25) is 9.48 Å². The van der Waals surface area contributed by atoms with Crippen LogP contribution in [0.2, 0.25) is 0 Å². The van der Waals surface area contributed by atoms with Crippen molar-refractivity contribution >= 4 is 21.7 Å². The number of hydrogen-bond donors (Lipinski definition) is 0. The van der Waals surface area contributed by atoms with Gasteiger partial charge in [0.05, 0.1) is 5.69 Å². The Labute approximate surface area is 121 Å². The van der Waals surface area contributed by atoms with Gasteiger partial charge in [0.1, 0.15) is 6.54 Å². The molecule has 1 heterocycles. The van der Waals surface area contributed by atoms with E-state index in [1.165, 1.54) is 5.56 Å². The van der Waals surface area contributed by atoms with Crippen LogP contribution in [0.5, 0.6) is 0 Å². The Kier molecular flexibility index (Phi) is 4.20. The van der Waals surface area contributed by atoms with E-state index in [4.69, 9.17) is 0 Å². The lowest BCUT2D eigenvalue weighted by molar-refractivity contribution is 0.0966. The van der Waals surface area contributed by atoms with Gasteiger partial charge in [-0.1, -0.05) is 35.0 Å². The van der Waals surface area contributed by atoms with E-state index < -0.39 is 0 Å². The van der Waals surface area contributed by atoms with Crippen molar-refractivity contribution in [3.05, 3.63) is 51.3 Å². The number of ketones is 1. The molecule has 0 aliphatic heterocycles. The molecule has 100 valence electrons. The Balaban J connectivity index is 2.24. The maximum atomic E-state index is 12.2. The average Bonchev–Trinajstić information content (AvgIpc) is 2.64. The van der Waals surface area contributed by atoms with Gasteiger partial charge in [-0.05, 0) is 38.0 Å². The second kappa shape index (κ2) is 5.70. The van der Waals surface area contributed by atoms with Gasteiger partial charge in [0.2, 0.25) is 0 Å². The van der Waals surface area contributed by atoms with Gasteiger partial charge in [-0.2, -0.15) is 5.10 Å². The highest BCUT2D eigenvalue weighted by Gasteiger charge is 2.13. The van der Waals surface area contributed by atoms with E-state index in [1.807, 2.05) is 38.1 Å². The molecule has 3 nitrogen and oxygen atoms in total. The normalized spacial score (nSPS) is 10.7. The summed E-state index contributed by atoms with van der Waals surface area (Å²) in [5, 5.41) is 4.45. The molecular weight excluding hydrogens is 304 g/mol. The van der Waals surface area contributed by atoms with Crippen LogP contribution in [0.3, 0.4) is 0 Å². The van der Waals surface area contributed by atoms with Gasteiger partial charge in [-0.15, -0.1) is 0 Å². The molecule has 0 N–H and O–H groups in total. The first kappa shape index (κ1) is 14.0. The Bertz CT molecular complexity index is 617. The molecular formula is C15H17BrN2O. The molecule has 0 saturated heterocycles. The van der Waals surface area contributed by atoms with Crippen molar-refractivity contribution in [2.24, 2.45) is 0 Å². The summed E-state index contributed by atoms with van der Waals surface area (Å²) in [5.41, 5.74) is 4.05. The Morgan fingerprint density at radius 1 is 1.37 bits per heavy atom. The molecule has 2 aromatic rings. The van der Waals surface area contributed by atoms with Gasteiger partial charge in [0, 0.05) is 15.7 Å². The molecule has 0 radical (unpaired) electrons. The van der Waals surface area contributed by atoms with Gasteiger partial charge in [0.15, 0.2) is 5.78 Å². The number of benzene rings is 1. The lowest BCUT2D eigenvalue weighted by atomic mass is 10.1. The van der Waals surface area contributed by atoms with E-state index in [1.54, 1.807) is 4.68 Å². The number of aromatic nitrogens is 2. The third-order valence-electron chi connectivity index (χ3n) is 3.32. The summed E-state index contributed by atoms with van der Waals surface area (Å²) in [7, 11) is 0. The van der Waals surface area contributed by atoms with Crippen LogP contribution in [0.25, 0.3) is 0 Å². The Morgan fingerprint density at radius 3 is 2.68 bits per heavy atom. The van der Waals surface area contributed by atoms with E-state index in [9.17, 15) is 4.79 Å². The molecule has 0 amide bonds. The molecule has 0 aliphatic rings. The third-order valence-corrected chi connectivity index (χ3v) is 3.82. The van der Waals surface area contributed by atoms with Crippen LogP contribution in [0.4, 0.5) is 0 Å². The molecule has 0 fully saturated rings. The van der Waals surface area contributed by atoms with E-state index in [-0.39, 0.29) is 5.78 Å². The zero-order chi connectivity index (χ0) is 14.0. The van der Waals surface area contributed by atoms with E-state index in [0.717, 1.165) is 22.3 Å². The minimum Gasteiger partial charge on any atom is -0.292 e.